The zero-order valence-corrected chi connectivity index (χ0v) is 14.6. The number of para-hydroxylation sites is 1. The predicted octanol–water partition coefficient (Wildman–Crippen LogP) is 2.60. The fraction of sp³-hybridized carbons (Fsp3) is 0.444. The van der Waals surface area contributed by atoms with Crippen LogP contribution in [0.3, 0.4) is 0 Å². The van der Waals surface area contributed by atoms with Gasteiger partial charge in [0.05, 0.1) is 18.6 Å². The molecule has 0 radical (unpaired) electrons. The standard InChI is InChI=1S/C18H22N4S/c1-13-7-9-20(10-8-13)12-21-18(23)22-16-6-4-3-5-15(16)14(2)11-17(22)19-21/h3-6,11,13H,7-10,12H2,1-2H3/p+1. The fourth-order valence-electron chi connectivity index (χ4n) is 3.66. The van der Waals surface area contributed by atoms with Gasteiger partial charge < -0.3 is 4.90 Å². The minimum Gasteiger partial charge on any atom is -0.316 e. The van der Waals surface area contributed by atoms with Crippen molar-refractivity contribution in [1.29, 1.82) is 0 Å². The van der Waals surface area contributed by atoms with Crippen LogP contribution in [0.15, 0.2) is 30.3 Å². The van der Waals surface area contributed by atoms with Gasteiger partial charge in [0.25, 0.3) is 0 Å². The molecule has 0 saturated carbocycles. The molecule has 23 heavy (non-hydrogen) atoms. The van der Waals surface area contributed by atoms with Crippen molar-refractivity contribution in [2.24, 2.45) is 5.92 Å². The van der Waals surface area contributed by atoms with Gasteiger partial charge in [-0.2, -0.15) is 4.68 Å². The predicted molar refractivity (Wildman–Crippen MR) is 95.4 cm³/mol. The van der Waals surface area contributed by atoms with Gasteiger partial charge in [0.15, 0.2) is 12.3 Å². The Bertz CT molecular complexity index is 916. The van der Waals surface area contributed by atoms with Crippen LogP contribution < -0.4 is 4.90 Å². The molecule has 1 aliphatic heterocycles. The zero-order valence-electron chi connectivity index (χ0n) is 13.7. The summed E-state index contributed by atoms with van der Waals surface area (Å²) < 4.78 is 4.94. The van der Waals surface area contributed by atoms with Crippen molar-refractivity contribution in [2.45, 2.75) is 33.4 Å². The summed E-state index contributed by atoms with van der Waals surface area (Å²) in [6.07, 6.45) is 2.61. The molecule has 1 aliphatic rings. The average molecular weight is 327 g/mol. The Balaban J connectivity index is 1.79. The monoisotopic (exact) mass is 327 g/mol. The number of piperidine rings is 1. The van der Waals surface area contributed by atoms with Crippen LogP contribution in [0.25, 0.3) is 16.6 Å². The van der Waals surface area contributed by atoms with Gasteiger partial charge in [-0.1, -0.05) is 25.1 Å². The second-order valence-electron chi connectivity index (χ2n) is 6.91. The van der Waals surface area contributed by atoms with E-state index < -0.39 is 0 Å². The molecule has 0 aliphatic carbocycles. The van der Waals surface area contributed by atoms with Gasteiger partial charge in [-0.15, -0.1) is 5.10 Å². The summed E-state index contributed by atoms with van der Waals surface area (Å²) in [5.74, 6) is 0.861. The van der Waals surface area contributed by atoms with E-state index >= 15 is 0 Å². The molecule has 1 saturated heterocycles. The summed E-state index contributed by atoms with van der Waals surface area (Å²) >= 11 is 5.74. The molecule has 0 amide bonds. The Labute approximate surface area is 141 Å². The largest absolute Gasteiger partial charge is 0.316 e. The smallest absolute Gasteiger partial charge is 0.207 e. The highest BCUT2D eigenvalue weighted by atomic mass is 32.1. The van der Waals surface area contributed by atoms with Gasteiger partial charge >= 0.3 is 0 Å². The average Bonchev–Trinajstić information content (AvgIpc) is 2.86. The highest BCUT2D eigenvalue weighted by Crippen LogP contribution is 2.21. The van der Waals surface area contributed by atoms with Crippen LogP contribution in [0.2, 0.25) is 0 Å². The van der Waals surface area contributed by atoms with Crippen molar-refractivity contribution in [3.8, 4) is 0 Å². The van der Waals surface area contributed by atoms with Gasteiger partial charge in [0.1, 0.15) is 0 Å². The zero-order chi connectivity index (χ0) is 16.0. The van der Waals surface area contributed by atoms with Crippen molar-refractivity contribution < 1.29 is 4.90 Å². The number of benzene rings is 1. The van der Waals surface area contributed by atoms with Crippen molar-refractivity contribution in [2.75, 3.05) is 13.1 Å². The third-order valence-electron chi connectivity index (χ3n) is 5.13. The van der Waals surface area contributed by atoms with E-state index in [9.17, 15) is 0 Å². The molecular formula is C18H23N4S+. The molecule has 120 valence electrons. The highest BCUT2D eigenvalue weighted by molar-refractivity contribution is 7.71. The SMILES string of the molecule is Cc1cc2nn(C[NH+]3CCC(C)CC3)c(=S)n2c2ccccc12. The molecule has 1 N–H and O–H groups in total. The van der Waals surface area contributed by atoms with Gasteiger partial charge in [0, 0.05) is 5.39 Å². The fourth-order valence-corrected chi connectivity index (χ4v) is 3.96. The van der Waals surface area contributed by atoms with Crippen LogP contribution >= 0.6 is 12.2 Å². The lowest BCUT2D eigenvalue weighted by Gasteiger charge is -2.26. The molecule has 5 heteroatoms. The van der Waals surface area contributed by atoms with E-state index in [1.54, 1.807) is 4.90 Å². The first-order valence-electron chi connectivity index (χ1n) is 8.45. The first kappa shape index (κ1) is 14.8. The minimum atomic E-state index is 0.808. The maximum Gasteiger partial charge on any atom is 0.207 e. The van der Waals surface area contributed by atoms with E-state index in [2.05, 4.69) is 48.6 Å². The van der Waals surface area contributed by atoms with E-state index in [0.29, 0.717) is 0 Å². The molecule has 4 rings (SSSR count). The molecular weight excluding hydrogens is 304 g/mol. The summed E-state index contributed by atoms with van der Waals surface area (Å²) in [6.45, 7) is 7.80. The number of nitrogens with zero attached hydrogens (tertiary/aromatic N) is 3. The molecule has 0 unspecified atom stereocenters. The van der Waals surface area contributed by atoms with Crippen LogP contribution in [0, 0.1) is 17.6 Å². The minimum absolute atomic E-state index is 0.808. The maximum atomic E-state index is 5.74. The number of likely N-dealkylation sites (tertiary alicyclic amines) is 1. The topological polar surface area (TPSA) is 26.7 Å². The van der Waals surface area contributed by atoms with Gasteiger partial charge in [0.2, 0.25) is 4.77 Å². The number of fused-ring (bicyclic) bond motifs is 3. The Morgan fingerprint density at radius 1 is 1.26 bits per heavy atom. The van der Waals surface area contributed by atoms with E-state index in [0.717, 1.165) is 28.5 Å². The number of nitrogens with one attached hydrogen (secondary N) is 1. The maximum absolute atomic E-state index is 5.74. The second-order valence-corrected chi connectivity index (χ2v) is 7.28. The summed E-state index contributed by atoms with van der Waals surface area (Å²) in [5, 5.41) is 6.04. The third kappa shape index (κ3) is 2.58. The second kappa shape index (κ2) is 5.73. The van der Waals surface area contributed by atoms with Gasteiger partial charge in [-0.3, -0.25) is 4.40 Å². The molecule has 0 spiro atoms. The number of pyridine rings is 1. The number of rotatable bonds is 2. The quantitative estimate of drug-likeness (QED) is 0.733. The van der Waals surface area contributed by atoms with Crippen molar-refractivity contribution in [1.82, 2.24) is 14.2 Å². The Morgan fingerprint density at radius 2 is 2.00 bits per heavy atom. The Hall–Kier alpha value is -1.72. The van der Waals surface area contributed by atoms with E-state index in [1.807, 2.05) is 4.68 Å². The first-order chi connectivity index (χ1) is 11.1. The molecule has 0 atom stereocenters. The number of aromatic nitrogens is 3. The van der Waals surface area contributed by atoms with E-state index in [-0.39, 0.29) is 0 Å². The Kier molecular flexibility index (Phi) is 3.70. The van der Waals surface area contributed by atoms with Crippen LogP contribution in [-0.4, -0.2) is 27.3 Å². The molecule has 1 aromatic carbocycles. The number of hydrogen-bond donors (Lipinski definition) is 1. The lowest BCUT2D eigenvalue weighted by atomic mass is 10.00. The third-order valence-corrected chi connectivity index (χ3v) is 5.53. The Morgan fingerprint density at radius 3 is 2.78 bits per heavy atom. The lowest BCUT2D eigenvalue weighted by Crippen LogP contribution is -3.12. The van der Waals surface area contributed by atoms with Crippen molar-refractivity contribution >= 4 is 28.8 Å². The summed E-state index contributed by atoms with van der Waals surface area (Å²) in [5.41, 5.74) is 3.36. The van der Waals surface area contributed by atoms with Crippen LogP contribution in [-0.2, 0) is 6.67 Å². The lowest BCUT2D eigenvalue weighted by molar-refractivity contribution is -0.929. The highest BCUT2D eigenvalue weighted by Gasteiger charge is 2.20. The summed E-state index contributed by atoms with van der Waals surface area (Å²) in [4.78, 5) is 1.59. The normalized spacial score (nSPS) is 22.0. The number of quaternary nitrogens is 1. The van der Waals surface area contributed by atoms with Crippen LogP contribution in [0.5, 0.6) is 0 Å². The van der Waals surface area contributed by atoms with E-state index in [4.69, 9.17) is 17.3 Å². The van der Waals surface area contributed by atoms with E-state index in [1.165, 1.54) is 36.9 Å². The summed E-state index contributed by atoms with van der Waals surface area (Å²) in [7, 11) is 0. The molecule has 0 bridgehead atoms. The van der Waals surface area contributed by atoms with Gasteiger partial charge in [-0.05, 0) is 55.6 Å². The number of aryl methyl sites for hydroxylation is 1. The molecule has 3 heterocycles. The molecule has 2 aromatic heterocycles. The molecule has 3 aromatic rings. The van der Waals surface area contributed by atoms with Crippen molar-refractivity contribution in [3.05, 3.63) is 40.7 Å². The van der Waals surface area contributed by atoms with Gasteiger partial charge in [-0.25, -0.2) is 0 Å². The number of hydrogen-bond acceptors (Lipinski definition) is 2. The van der Waals surface area contributed by atoms with Crippen molar-refractivity contribution in [3.63, 3.8) is 0 Å². The summed E-state index contributed by atoms with van der Waals surface area (Å²) in [6, 6.07) is 10.6. The van der Waals surface area contributed by atoms with Crippen LogP contribution in [0.4, 0.5) is 0 Å². The molecule has 4 nitrogen and oxygen atoms in total. The molecule has 1 fully saturated rings. The van der Waals surface area contributed by atoms with Crippen LogP contribution in [0.1, 0.15) is 25.3 Å². The first-order valence-corrected chi connectivity index (χ1v) is 8.86.